The van der Waals surface area contributed by atoms with Crippen LogP contribution >= 0.6 is 7.93 Å². The van der Waals surface area contributed by atoms with Gasteiger partial charge in [0, 0.05) is 17.1 Å². The van der Waals surface area contributed by atoms with Crippen molar-refractivity contribution in [2.24, 2.45) is 0 Å². The Morgan fingerprint density at radius 3 is 1.75 bits per heavy atom. The van der Waals surface area contributed by atoms with Crippen LogP contribution in [-0.2, 0) is 17.1 Å². The van der Waals surface area contributed by atoms with Crippen LogP contribution in [0.5, 0.6) is 0 Å². The van der Waals surface area contributed by atoms with Gasteiger partial charge in [0.2, 0.25) is 0 Å². The Labute approximate surface area is 47.8 Å². The molecular weight excluding hydrogens is 194 g/mol. The second-order valence-corrected chi connectivity index (χ2v) is 11.0. The van der Waals surface area contributed by atoms with Crippen molar-refractivity contribution in [3.05, 3.63) is 0 Å². The molecule has 28 valence electrons. The molecule has 0 aromatic rings. The zero-order valence-electron chi connectivity index (χ0n) is 2.34. The summed E-state index contributed by atoms with van der Waals surface area (Å²) in [7, 11) is 4.10. The molecule has 0 saturated carbocycles. The zero-order valence-corrected chi connectivity index (χ0v) is 8.31. The topological polar surface area (TPSA) is 0 Å². The number of rotatable bonds is 0. The first-order valence-electron chi connectivity index (χ1n) is 0.644. The SMILES string of the molecule is [Fe].[SiH3][Se]P. The van der Waals surface area contributed by atoms with E-state index in [0.29, 0.717) is 0 Å². The molecule has 0 spiro atoms. The number of hydrogen-bond acceptors (Lipinski definition) is 0. The van der Waals surface area contributed by atoms with Crippen molar-refractivity contribution in [3.8, 4) is 0 Å². The van der Waals surface area contributed by atoms with Gasteiger partial charge in [-0.1, -0.05) is 0 Å². The molecule has 0 amide bonds. The number of hydrogen-bond donors (Lipinski definition) is 0. The molecular formula is H5FePSeSi. The van der Waals surface area contributed by atoms with E-state index in [-0.39, 0.29) is 17.1 Å². The zero-order chi connectivity index (χ0) is 2.71. The van der Waals surface area contributed by atoms with Crippen molar-refractivity contribution in [2.75, 3.05) is 0 Å². The minimum absolute atomic E-state index is 0. The summed E-state index contributed by atoms with van der Waals surface area (Å²) in [4.78, 5) is 0. The Hall–Kier alpha value is 1.69. The van der Waals surface area contributed by atoms with Crippen LogP contribution in [0.4, 0.5) is 0 Å². The summed E-state index contributed by atoms with van der Waals surface area (Å²) in [6.07, 6.45) is 0. The molecule has 4 heteroatoms. The summed E-state index contributed by atoms with van der Waals surface area (Å²) >= 11 is 0.931. The Morgan fingerprint density at radius 1 is 1.75 bits per heavy atom. The minimum atomic E-state index is 0. The quantitative estimate of drug-likeness (QED) is 0.338. The van der Waals surface area contributed by atoms with Gasteiger partial charge in [0.05, 0.1) is 0 Å². The third-order valence-corrected chi connectivity index (χ3v) is 0. The van der Waals surface area contributed by atoms with E-state index in [4.69, 9.17) is 0 Å². The second-order valence-electron chi connectivity index (χ2n) is 0.236. The second kappa shape index (κ2) is 8.82. The van der Waals surface area contributed by atoms with Crippen LogP contribution in [0.2, 0.25) is 0 Å². The first-order chi connectivity index (χ1) is 1.41. The predicted octanol–water partition coefficient (Wildman–Crippen LogP) is -1.24. The van der Waals surface area contributed by atoms with Gasteiger partial charge < -0.3 is 0 Å². The molecule has 0 N–H and O–H groups in total. The molecule has 0 fully saturated rings. The van der Waals surface area contributed by atoms with Crippen molar-refractivity contribution < 1.29 is 17.1 Å². The van der Waals surface area contributed by atoms with Gasteiger partial charge in [0.15, 0.2) is 0 Å². The van der Waals surface area contributed by atoms with Crippen LogP contribution in [0.1, 0.15) is 0 Å². The van der Waals surface area contributed by atoms with Crippen molar-refractivity contribution >= 4 is 30.7 Å². The van der Waals surface area contributed by atoms with Crippen LogP contribution in [0, 0.1) is 0 Å². The van der Waals surface area contributed by atoms with Gasteiger partial charge in [0.25, 0.3) is 0 Å². The Morgan fingerprint density at radius 2 is 1.75 bits per heavy atom. The van der Waals surface area contributed by atoms with E-state index in [1.165, 1.54) is 8.85 Å². The maximum absolute atomic E-state index is 2.70. The molecule has 0 aliphatic rings. The molecule has 1 atom stereocenters. The molecule has 0 heterocycles. The summed E-state index contributed by atoms with van der Waals surface area (Å²) in [6, 6.07) is 0. The van der Waals surface area contributed by atoms with E-state index >= 15 is 0 Å². The molecule has 0 bridgehead atoms. The molecule has 1 unspecified atom stereocenters. The normalized spacial score (nSPS) is 5.25. The third-order valence-electron chi connectivity index (χ3n) is 0. The van der Waals surface area contributed by atoms with Crippen LogP contribution < -0.4 is 0 Å². The molecule has 0 aromatic carbocycles. The van der Waals surface area contributed by atoms with Gasteiger partial charge in [-0.15, -0.1) is 0 Å². The summed E-state index contributed by atoms with van der Waals surface area (Å²) in [5.74, 6) is 0. The molecule has 0 radical (unpaired) electrons. The third kappa shape index (κ3) is 9.36. The van der Waals surface area contributed by atoms with Gasteiger partial charge >= 0.3 is 30.7 Å². The van der Waals surface area contributed by atoms with Gasteiger partial charge in [-0.25, -0.2) is 0 Å². The Balaban J connectivity index is 0. The van der Waals surface area contributed by atoms with Crippen LogP contribution in [0.3, 0.4) is 0 Å². The van der Waals surface area contributed by atoms with Crippen molar-refractivity contribution in [2.45, 2.75) is 0 Å². The molecule has 0 aliphatic carbocycles. The van der Waals surface area contributed by atoms with Crippen molar-refractivity contribution in [3.63, 3.8) is 0 Å². The molecule has 0 aromatic heterocycles. The Kier molecular flexibility index (Phi) is 20.3. The fraction of sp³-hybridized carbons (Fsp3) is 0. The van der Waals surface area contributed by atoms with Gasteiger partial charge in [-0.05, 0) is 0 Å². The van der Waals surface area contributed by atoms with Gasteiger partial charge in [0.1, 0.15) is 0 Å². The monoisotopic (exact) mass is 200 g/mol. The predicted molar refractivity (Wildman–Crippen MR) is 25.4 cm³/mol. The fourth-order valence-corrected chi connectivity index (χ4v) is 0. The summed E-state index contributed by atoms with van der Waals surface area (Å²) in [5, 5.41) is 0. The summed E-state index contributed by atoms with van der Waals surface area (Å²) < 4.78 is 0. The standard InChI is InChI=1S/Fe.H5PSeSi/c;1-2-3/h;1H2,3H3. The maximum atomic E-state index is 2.70. The van der Waals surface area contributed by atoms with Gasteiger partial charge in [-0.2, -0.15) is 0 Å². The summed E-state index contributed by atoms with van der Waals surface area (Å²) in [6.45, 7) is 0. The molecule has 0 nitrogen and oxygen atoms in total. The Bertz CT molecular complexity index is 8.00. The van der Waals surface area contributed by atoms with Crippen LogP contribution in [0.25, 0.3) is 0 Å². The average Bonchev–Trinajstić information content (AvgIpc) is 0.918. The van der Waals surface area contributed by atoms with Crippen molar-refractivity contribution in [1.82, 2.24) is 0 Å². The molecule has 0 rings (SSSR count). The van der Waals surface area contributed by atoms with Gasteiger partial charge in [-0.3, -0.25) is 0 Å². The average molecular weight is 199 g/mol. The van der Waals surface area contributed by atoms with Crippen molar-refractivity contribution in [1.29, 1.82) is 0 Å². The van der Waals surface area contributed by atoms with Crippen LogP contribution in [-0.4, -0.2) is 22.7 Å². The van der Waals surface area contributed by atoms with E-state index in [0.717, 1.165) is 13.9 Å². The fourth-order valence-electron chi connectivity index (χ4n) is 0. The van der Waals surface area contributed by atoms with E-state index in [2.05, 4.69) is 7.93 Å². The molecule has 0 saturated heterocycles. The van der Waals surface area contributed by atoms with Crippen LogP contribution in [0.15, 0.2) is 0 Å². The first-order valence-corrected chi connectivity index (χ1v) is 10.0. The molecule has 0 aliphatic heterocycles. The summed E-state index contributed by atoms with van der Waals surface area (Å²) in [5.41, 5.74) is 0. The van der Waals surface area contributed by atoms with E-state index in [1.807, 2.05) is 0 Å². The molecule has 4 heavy (non-hydrogen) atoms. The van der Waals surface area contributed by atoms with E-state index in [9.17, 15) is 0 Å². The first kappa shape index (κ1) is 9.19. The van der Waals surface area contributed by atoms with E-state index in [1.54, 1.807) is 0 Å². The van der Waals surface area contributed by atoms with E-state index < -0.39 is 0 Å².